The lowest BCUT2D eigenvalue weighted by Crippen LogP contribution is -2.33. The number of hydrogen-bond donors (Lipinski definition) is 2. The van der Waals surface area contributed by atoms with Crippen LogP contribution in [0, 0.1) is 0 Å². The number of benzene rings is 2. The molecular weight excluding hydrogens is 410 g/mol. The molecular formula is C29H43NO3. The average molecular weight is 454 g/mol. The molecule has 0 heterocycles. The van der Waals surface area contributed by atoms with E-state index in [4.69, 9.17) is 0 Å². The minimum atomic E-state index is -0.468. The standard InChI is InChI=1S/C29H43NO3/c1-10-30(11-2)26(33)16-17-29(9,20-12-14-24(31)22(18-20)27(3,4)5)21-13-15-25(32)23(19-21)28(6,7)8/h12-15,18-19,31-32H,10-11,16-17H2,1-9H3. The van der Waals surface area contributed by atoms with Gasteiger partial charge in [0.2, 0.25) is 5.91 Å². The quantitative estimate of drug-likeness (QED) is 0.493. The number of carbonyl (C=O) groups is 1. The first kappa shape index (κ1) is 26.8. The van der Waals surface area contributed by atoms with Gasteiger partial charge in [-0.3, -0.25) is 4.79 Å². The van der Waals surface area contributed by atoms with Gasteiger partial charge >= 0.3 is 0 Å². The number of nitrogens with zero attached hydrogens (tertiary/aromatic N) is 1. The van der Waals surface area contributed by atoms with Crippen molar-refractivity contribution < 1.29 is 15.0 Å². The van der Waals surface area contributed by atoms with Gasteiger partial charge in [0, 0.05) is 24.9 Å². The molecule has 0 spiro atoms. The van der Waals surface area contributed by atoms with E-state index in [1.165, 1.54) is 0 Å². The van der Waals surface area contributed by atoms with Gasteiger partial charge in [-0.05, 0) is 65.5 Å². The zero-order chi connectivity index (χ0) is 25.2. The summed E-state index contributed by atoms with van der Waals surface area (Å²) < 4.78 is 0. The van der Waals surface area contributed by atoms with Gasteiger partial charge in [-0.1, -0.05) is 72.7 Å². The first-order valence-corrected chi connectivity index (χ1v) is 12.1. The summed E-state index contributed by atoms with van der Waals surface area (Å²) in [6.45, 7) is 20.1. The Morgan fingerprint density at radius 3 is 1.48 bits per heavy atom. The van der Waals surface area contributed by atoms with Crippen LogP contribution in [0.2, 0.25) is 0 Å². The van der Waals surface area contributed by atoms with E-state index in [9.17, 15) is 15.0 Å². The summed E-state index contributed by atoms with van der Waals surface area (Å²) >= 11 is 0. The maximum Gasteiger partial charge on any atom is 0.222 e. The normalized spacial score (nSPS) is 12.6. The van der Waals surface area contributed by atoms with E-state index >= 15 is 0 Å². The highest BCUT2D eigenvalue weighted by Gasteiger charge is 2.33. The van der Waals surface area contributed by atoms with Crippen molar-refractivity contribution in [2.45, 2.75) is 91.4 Å². The maximum atomic E-state index is 12.9. The minimum absolute atomic E-state index is 0.149. The van der Waals surface area contributed by atoms with Gasteiger partial charge in [0.1, 0.15) is 11.5 Å². The highest BCUT2D eigenvalue weighted by Crippen LogP contribution is 2.43. The zero-order valence-electron chi connectivity index (χ0n) is 22.0. The van der Waals surface area contributed by atoms with E-state index in [-0.39, 0.29) is 28.2 Å². The zero-order valence-corrected chi connectivity index (χ0v) is 22.0. The third-order valence-corrected chi connectivity index (χ3v) is 6.84. The van der Waals surface area contributed by atoms with Crippen LogP contribution in [-0.4, -0.2) is 34.1 Å². The lowest BCUT2D eigenvalue weighted by molar-refractivity contribution is -0.131. The lowest BCUT2D eigenvalue weighted by Gasteiger charge is -2.35. The monoisotopic (exact) mass is 453 g/mol. The average Bonchev–Trinajstić information content (AvgIpc) is 2.71. The van der Waals surface area contributed by atoms with Crippen molar-refractivity contribution >= 4 is 5.91 Å². The summed E-state index contributed by atoms with van der Waals surface area (Å²) in [5, 5.41) is 21.1. The Morgan fingerprint density at radius 2 is 1.15 bits per heavy atom. The van der Waals surface area contributed by atoms with Gasteiger partial charge in [0.05, 0.1) is 0 Å². The summed E-state index contributed by atoms with van der Waals surface area (Å²) in [5.74, 6) is 0.721. The molecule has 0 saturated carbocycles. The molecule has 4 nitrogen and oxygen atoms in total. The van der Waals surface area contributed by atoms with Crippen LogP contribution in [0.3, 0.4) is 0 Å². The maximum absolute atomic E-state index is 12.9. The molecule has 0 radical (unpaired) electrons. The molecule has 0 aliphatic carbocycles. The third kappa shape index (κ3) is 5.90. The van der Waals surface area contributed by atoms with Gasteiger partial charge in [-0.2, -0.15) is 0 Å². The lowest BCUT2D eigenvalue weighted by atomic mass is 9.70. The molecule has 33 heavy (non-hydrogen) atoms. The smallest absolute Gasteiger partial charge is 0.222 e. The molecule has 0 unspecified atom stereocenters. The number of aromatic hydroxyl groups is 2. The van der Waals surface area contributed by atoms with Crippen LogP contribution in [0.15, 0.2) is 36.4 Å². The molecule has 2 aromatic carbocycles. The number of carbonyl (C=O) groups excluding carboxylic acids is 1. The summed E-state index contributed by atoms with van der Waals surface area (Å²) in [6, 6.07) is 11.6. The number of phenolic OH excluding ortho intramolecular Hbond substituents is 2. The number of phenols is 2. The van der Waals surface area contributed by atoms with Crippen LogP contribution in [0.1, 0.15) is 97.4 Å². The van der Waals surface area contributed by atoms with Crippen molar-refractivity contribution in [3.8, 4) is 11.5 Å². The van der Waals surface area contributed by atoms with E-state index in [1.54, 1.807) is 12.1 Å². The summed E-state index contributed by atoms with van der Waals surface area (Å²) in [6.07, 6.45) is 1.06. The Labute approximate surface area is 200 Å². The number of rotatable bonds is 7. The molecule has 0 aliphatic rings. The SMILES string of the molecule is CCN(CC)C(=O)CCC(C)(c1ccc(O)c(C(C)(C)C)c1)c1ccc(O)c(C(C)(C)C)c1. The van der Waals surface area contributed by atoms with Crippen molar-refractivity contribution in [2.75, 3.05) is 13.1 Å². The van der Waals surface area contributed by atoms with Crippen LogP contribution < -0.4 is 0 Å². The summed E-state index contributed by atoms with van der Waals surface area (Å²) in [4.78, 5) is 14.8. The van der Waals surface area contributed by atoms with Crippen LogP contribution in [0.25, 0.3) is 0 Å². The van der Waals surface area contributed by atoms with Crippen molar-refractivity contribution in [3.05, 3.63) is 58.7 Å². The fourth-order valence-electron chi connectivity index (χ4n) is 4.51. The topological polar surface area (TPSA) is 60.8 Å². The minimum Gasteiger partial charge on any atom is -0.508 e. The Kier molecular flexibility index (Phi) is 7.94. The first-order valence-electron chi connectivity index (χ1n) is 12.1. The largest absolute Gasteiger partial charge is 0.508 e. The van der Waals surface area contributed by atoms with E-state index in [0.29, 0.717) is 25.9 Å². The second-order valence-corrected chi connectivity index (χ2v) is 11.4. The van der Waals surface area contributed by atoms with Gasteiger partial charge in [0.25, 0.3) is 0 Å². The van der Waals surface area contributed by atoms with Gasteiger partial charge in [-0.15, -0.1) is 0 Å². The fraction of sp³-hybridized carbons (Fsp3) is 0.552. The second kappa shape index (κ2) is 9.79. The third-order valence-electron chi connectivity index (χ3n) is 6.84. The van der Waals surface area contributed by atoms with E-state index in [0.717, 1.165) is 22.3 Å². The van der Waals surface area contributed by atoms with Crippen molar-refractivity contribution in [1.29, 1.82) is 0 Å². The molecule has 1 amide bonds. The predicted octanol–water partition coefficient (Wildman–Crippen LogP) is 6.65. The van der Waals surface area contributed by atoms with Crippen LogP contribution in [0.5, 0.6) is 11.5 Å². The Bertz CT molecular complexity index is 912. The molecule has 2 N–H and O–H groups in total. The highest BCUT2D eigenvalue weighted by atomic mass is 16.3. The van der Waals surface area contributed by atoms with Gasteiger partial charge < -0.3 is 15.1 Å². The highest BCUT2D eigenvalue weighted by molar-refractivity contribution is 5.76. The molecule has 0 fully saturated rings. The molecule has 4 heteroatoms. The van der Waals surface area contributed by atoms with Crippen molar-refractivity contribution in [3.63, 3.8) is 0 Å². The van der Waals surface area contributed by atoms with E-state index < -0.39 is 5.41 Å². The molecule has 2 rings (SSSR count). The summed E-state index contributed by atoms with van der Waals surface area (Å²) in [5.41, 5.74) is 2.98. The predicted molar refractivity (Wildman–Crippen MR) is 137 cm³/mol. The Morgan fingerprint density at radius 1 is 0.758 bits per heavy atom. The van der Waals surface area contributed by atoms with E-state index in [1.807, 2.05) is 30.9 Å². The molecule has 182 valence electrons. The molecule has 0 aliphatic heterocycles. The van der Waals surface area contributed by atoms with Crippen molar-refractivity contribution in [1.82, 2.24) is 4.90 Å². The number of hydrogen-bond acceptors (Lipinski definition) is 3. The molecule has 0 saturated heterocycles. The van der Waals surface area contributed by atoms with Crippen LogP contribution >= 0.6 is 0 Å². The van der Waals surface area contributed by atoms with Gasteiger partial charge in [0.15, 0.2) is 0 Å². The first-order chi connectivity index (χ1) is 15.1. The molecule has 0 atom stereocenters. The van der Waals surface area contributed by atoms with E-state index in [2.05, 4.69) is 60.6 Å². The second-order valence-electron chi connectivity index (χ2n) is 11.4. The molecule has 0 aromatic heterocycles. The Balaban J connectivity index is 2.67. The van der Waals surface area contributed by atoms with Crippen LogP contribution in [-0.2, 0) is 21.0 Å². The van der Waals surface area contributed by atoms with Crippen molar-refractivity contribution in [2.24, 2.45) is 0 Å². The Hall–Kier alpha value is -2.49. The van der Waals surface area contributed by atoms with Gasteiger partial charge in [-0.25, -0.2) is 0 Å². The molecule has 2 aromatic rings. The molecule has 0 bridgehead atoms. The van der Waals surface area contributed by atoms with Crippen LogP contribution in [0.4, 0.5) is 0 Å². The summed E-state index contributed by atoms with van der Waals surface area (Å²) in [7, 11) is 0. The number of amides is 1. The fourth-order valence-corrected chi connectivity index (χ4v) is 4.51.